The SMILES string of the molecule is CCCc1nc2c(N)nc3cc(-c4cccnc4)ccc3c2n1CC1CCN(C(=O)OC(C)(C)C)CC1. The van der Waals surface area contributed by atoms with E-state index in [4.69, 9.17) is 20.4 Å². The Balaban J connectivity index is 1.47. The van der Waals surface area contributed by atoms with Gasteiger partial charge >= 0.3 is 6.09 Å². The molecule has 0 saturated carbocycles. The molecule has 3 aromatic heterocycles. The molecule has 2 N–H and O–H groups in total. The number of anilines is 1. The zero-order valence-corrected chi connectivity index (χ0v) is 22.2. The average Bonchev–Trinajstić information content (AvgIpc) is 3.22. The van der Waals surface area contributed by atoms with Crippen molar-refractivity contribution in [3.63, 3.8) is 0 Å². The number of nitrogen functional groups attached to an aromatic ring is 1. The van der Waals surface area contributed by atoms with Gasteiger partial charge in [0.25, 0.3) is 0 Å². The maximum Gasteiger partial charge on any atom is 0.410 e. The minimum absolute atomic E-state index is 0.222. The second-order valence-electron chi connectivity index (χ2n) is 11.0. The number of imidazole rings is 1. The van der Waals surface area contributed by atoms with E-state index in [1.807, 2.05) is 44.0 Å². The number of nitrogens with zero attached hydrogens (tertiary/aromatic N) is 5. The zero-order valence-electron chi connectivity index (χ0n) is 22.2. The minimum atomic E-state index is -0.482. The summed E-state index contributed by atoms with van der Waals surface area (Å²) in [5.41, 5.74) is 10.8. The van der Waals surface area contributed by atoms with Gasteiger partial charge in [0.15, 0.2) is 5.82 Å². The van der Waals surface area contributed by atoms with Gasteiger partial charge in [-0.1, -0.05) is 25.1 Å². The molecule has 4 heterocycles. The van der Waals surface area contributed by atoms with E-state index >= 15 is 0 Å². The molecule has 1 amide bonds. The zero-order chi connectivity index (χ0) is 26.2. The van der Waals surface area contributed by atoms with Crippen LogP contribution in [0.3, 0.4) is 0 Å². The number of hydrogen-bond acceptors (Lipinski definition) is 6. The lowest BCUT2D eigenvalue weighted by Gasteiger charge is -2.33. The van der Waals surface area contributed by atoms with E-state index in [9.17, 15) is 4.79 Å². The fourth-order valence-corrected chi connectivity index (χ4v) is 5.16. The largest absolute Gasteiger partial charge is 0.444 e. The van der Waals surface area contributed by atoms with Crippen LogP contribution in [0.1, 0.15) is 52.8 Å². The molecule has 0 unspecified atom stereocenters. The number of benzene rings is 1. The number of amides is 1. The van der Waals surface area contributed by atoms with Crippen molar-refractivity contribution >= 4 is 33.8 Å². The van der Waals surface area contributed by atoms with Crippen molar-refractivity contribution in [1.82, 2.24) is 24.4 Å². The van der Waals surface area contributed by atoms with Crippen LogP contribution >= 0.6 is 0 Å². The number of aryl methyl sites for hydroxylation is 1. The molecule has 1 saturated heterocycles. The third kappa shape index (κ3) is 5.24. The summed E-state index contributed by atoms with van der Waals surface area (Å²) in [5, 5.41) is 1.05. The van der Waals surface area contributed by atoms with E-state index in [1.54, 1.807) is 6.20 Å². The predicted molar refractivity (Wildman–Crippen MR) is 147 cm³/mol. The molecule has 0 atom stereocenters. The number of pyridine rings is 2. The smallest absolute Gasteiger partial charge is 0.410 e. The van der Waals surface area contributed by atoms with Gasteiger partial charge in [-0.3, -0.25) is 4.98 Å². The Hall–Kier alpha value is -3.68. The van der Waals surface area contributed by atoms with Gasteiger partial charge in [0.2, 0.25) is 0 Å². The quantitative estimate of drug-likeness (QED) is 0.370. The number of piperidine rings is 1. The van der Waals surface area contributed by atoms with E-state index in [1.165, 1.54) is 0 Å². The van der Waals surface area contributed by atoms with Gasteiger partial charge in [0.1, 0.15) is 16.9 Å². The summed E-state index contributed by atoms with van der Waals surface area (Å²) in [7, 11) is 0. The van der Waals surface area contributed by atoms with Crippen LogP contribution in [-0.2, 0) is 17.7 Å². The van der Waals surface area contributed by atoms with Gasteiger partial charge in [0.05, 0.1) is 11.0 Å². The Morgan fingerprint density at radius 2 is 1.92 bits per heavy atom. The van der Waals surface area contributed by atoms with E-state index in [2.05, 4.69) is 34.7 Å². The van der Waals surface area contributed by atoms with Gasteiger partial charge in [-0.05, 0) is 63.6 Å². The van der Waals surface area contributed by atoms with Crippen molar-refractivity contribution in [2.45, 2.75) is 65.5 Å². The van der Waals surface area contributed by atoms with Gasteiger partial charge in [0, 0.05) is 49.4 Å². The summed E-state index contributed by atoms with van der Waals surface area (Å²) in [6.45, 7) is 10.1. The van der Waals surface area contributed by atoms with Gasteiger partial charge < -0.3 is 19.9 Å². The Kier molecular flexibility index (Phi) is 6.75. The number of carbonyl (C=O) groups excluding carboxylic acids is 1. The molecule has 5 rings (SSSR count). The number of carbonyl (C=O) groups is 1. The van der Waals surface area contributed by atoms with Crippen LogP contribution in [0.4, 0.5) is 10.6 Å². The molecule has 0 radical (unpaired) electrons. The maximum absolute atomic E-state index is 12.5. The molecule has 8 nitrogen and oxygen atoms in total. The molecule has 1 fully saturated rings. The van der Waals surface area contributed by atoms with Crippen LogP contribution in [0.15, 0.2) is 42.7 Å². The first-order valence-corrected chi connectivity index (χ1v) is 13.2. The molecular formula is C29H36N6O2. The monoisotopic (exact) mass is 500 g/mol. The van der Waals surface area contributed by atoms with Crippen molar-refractivity contribution in [3.05, 3.63) is 48.5 Å². The van der Waals surface area contributed by atoms with Crippen LogP contribution in [0.2, 0.25) is 0 Å². The third-order valence-corrected chi connectivity index (χ3v) is 6.96. The molecule has 194 valence electrons. The lowest BCUT2D eigenvalue weighted by atomic mass is 9.96. The molecule has 4 aromatic rings. The lowest BCUT2D eigenvalue weighted by Crippen LogP contribution is -2.42. The molecule has 37 heavy (non-hydrogen) atoms. The molecule has 0 aliphatic carbocycles. The molecular weight excluding hydrogens is 464 g/mol. The van der Waals surface area contributed by atoms with Gasteiger partial charge in [-0.2, -0.15) is 0 Å². The second-order valence-corrected chi connectivity index (χ2v) is 11.0. The summed E-state index contributed by atoms with van der Waals surface area (Å²) in [4.78, 5) is 28.3. The standard InChI is InChI=1S/C29H36N6O2/c1-5-7-24-33-25-26(35(24)18-19-11-14-34(15-12-19)28(36)37-29(2,3)4)22-10-9-20(16-23(22)32-27(25)30)21-8-6-13-31-17-21/h6,8-10,13,16-17,19H,5,7,11-12,14-15,18H2,1-4H3,(H2,30,32). The predicted octanol–water partition coefficient (Wildman–Crippen LogP) is 5.83. The highest BCUT2D eigenvalue weighted by molar-refractivity contribution is 6.07. The summed E-state index contributed by atoms with van der Waals surface area (Å²) in [5.74, 6) is 1.94. The summed E-state index contributed by atoms with van der Waals surface area (Å²) < 4.78 is 7.93. The highest BCUT2D eigenvalue weighted by atomic mass is 16.6. The molecule has 1 aliphatic heterocycles. The summed E-state index contributed by atoms with van der Waals surface area (Å²) >= 11 is 0. The normalized spacial score (nSPS) is 15.0. The molecule has 8 heteroatoms. The summed E-state index contributed by atoms with van der Waals surface area (Å²) in [6.07, 6.45) is 7.13. The van der Waals surface area contributed by atoms with Crippen LogP contribution in [0.5, 0.6) is 0 Å². The van der Waals surface area contributed by atoms with Crippen LogP contribution in [0.25, 0.3) is 33.1 Å². The van der Waals surface area contributed by atoms with Crippen molar-refractivity contribution in [1.29, 1.82) is 0 Å². The fraction of sp³-hybridized carbons (Fsp3) is 0.448. The molecule has 1 aromatic carbocycles. The first kappa shape index (κ1) is 25.0. The van der Waals surface area contributed by atoms with Crippen molar-refractivity contribution in [2.24, 2.45) is 5.92 Å². The Labute approximate surface area is 217 Å². The number of nitrogens with two attached hydrogens (primary N) is 1. The topological polar surface area (TPSA) is 99.2 Å². The Morgan fingerprint density at radius 1 is 1.14 bits per heavy atom. The number of aromatic nitrogens is 4. The molecule has 0 spiro atoms. The van der Waals surface area contributed by atoms with E-state index in [-0.39, 0.29) is 6.09 Å². The minimum Gasteiger partial charge on any atom is -0.444 e. The van der Waals surface area contributed by atoms with E-state index in [0.717, 1.165) is 71.1 Å². The fourth-order valence-electron chi connectivity index (χ4n) is 5.16. The summed E-state index contributed by atoms with van der Waals surface area (Å²) in [6, 6.07) is 10.3. The average molecular weight is 501 g/mol. The lowest BCUT2D eigenvalue weighted by molar-refractivity contribution is 0.0178. The Morgan fingerprint density at radius 3 is 2.59 bits per heavy atom. The number of hydrogen-bond donors (Lipinski definition) is 1. The van der Waals surface area contributed by atoms with Crippen LogP contribution < -0.4 is 5.73 Å². The van der Waals surface area contributed by atoms with E-state index < -0.39 is 5.60 Å². The molecule has 0 bridgehead atoms. The highest BCUT2D eigenvalue weighted by Crippen LogP contribution is 2.33. The van der Waals surface area contributed by atoms with Gasteiger partial charge in [-0.15, -0.1) is 0 Å². The van der Waals surface area contributed by atoms with Gasteiger partial charge in [-0.25, -0.2) is 14.8 Å². The van der Waals surface area contributed by atoms with Crippen molar-refractivity contribution < 1.29 is 9.53 Å². The number of likely N-dealkylation sites (tertiary alicyclic amines) is 1. The number of fused-ring (bicyclic) bond motifs is 3. The second kappa shape index (κ2) is 10.00. The molecule has 1 aliphatic rings. The highest BCUT2D eigenvalue weighted by Gasteiger charge is 2.28. The van der Waals surface area contributed by atoms with Crippen LogP contribution in [0, 0.1) is 5.92 Å². The maximum atomic E-state index is 12.5. The Bertz CT molecular complexity index is 1420. The van der Waals surface area contributed by atoms with Crippen LogP contribution in [-0.4, -0.2) is 49.2 Å². The number of ether oxygens (including phenoxy) is 1. The third-order valence-electron chi connectivity index (χ3n) is 6.96. The number of rotatable bonds is 5. The van der Waals surface area contributed by atoms with E-state index in [0.29, 0.717) is 24.8 Å². The first-order chi connectivity index (χ1) is 17.7. The first-order valence-electron chi connectivity index (χ1n) is 13.2. The van der Waals surface area contributed by atoms with Crippen molar-refractivity contribution in [3.8, 4) is 11.1 Å². The van der Waals surface area contributed by atoms with Crippen molar-refractivity contribution in [2.75, 3.05) is 18.8 Å².